The third kappa shape index (κ3) is 3.71. The summed E-state index contributed by atoms with van der Waals surface area (Å²) in [5.41, 5.74) is 2.52. The first-order valence-corrected chi connectivity index (χ1v) is 8.09. The molecule has 9 heteroatoms. The van der Waals surface area contributed by atoms with Crippen molar-refractivity contribution in [3.63, 3.8) is 0 Å². The maximum Gasteiger partial charge on any atom is 0.292 e. The lowest BCUT2D eigenvalue weighted by Crippen LogP contribution is -2.28. The zero-order valence-corrected chi connectivity index (χ0v) is 14.3. The lowest BCUT2D eigenvalue weighted by molar-refractivity contribution is -0.384. The first-order chi connectivity index (χ1) is 13.0. The third-order valence-electron chi connectivity index (χ3n) is 3.84. The Bertz CT molecular complexity index is 1120. The largest absolute Gasteiger partial charge is 0.292 e. The van der Waals surface area contributed by atoms with E-state index in [-0.39, 0.29) is 16.9 Å². The van der Waals surface area contributed by atoms with Crippen molar-refractivity contribution in [3.8, 4) is 0 Å². The van der Waals surface area contributed by atoms with Gasteiger partial charge in [0.2, 0.25) is 0 Å². The van der Waals surface area contributed by atoms with Crippen LogP contribution >= 0.6 is 0 Å². The Labute approximate surface area is 153 Å². The van der Waals surface area contributed by atoms with Crippen molar-refractivity contribution in [1.82, 2.24) is 15.2 Å². The van der Waals surface area contributed by atoms with Crippen molar-refractivity contribution >= 4 is 28.6 Å². The Morgan fingerprint density at radius 2 is 2.00 bits per heavy atom. The molecule has 3 rings (SSSR count). The number of nitrogens with zero attached hydrogens (tertiary/aromatic N) is 4. The summed E-state index contributed by atoms with van der Waals surface area (Å²) >= 11 is 0. The zero-order valence-electron chi connectivity index (χ0n) is 14.3. The van der Waals surface area contributed by atoms with Gasteiger partial charge in [0, 0.05) is 29.6 Å². The van der Waals surface area contributed by atoms with E-state index in [2.05, 4.69) is 15.6 Å². The number of hydrogen-bond acceptors (Lipinski definition) is 6. The molecular weight excluding hydrogens is 350 g/mol. The Balaban J connectivity index is 1.89. The van der Waals surface area contributed by atoms with Crippen LogP contribution in [-0.4, -0.2) is 26.8 Å². The molecule has 0 radical (unpaired) electrons. The number of rotatable bonds is 5. The van der Waals surface area contributed by atoms with E-state index >= 15 is 0 Å². The van der Waals surface area contributed by atoms with Crippen LogP contribution in [0.5, 0.6) is 0 Å². The molecule has 0 spiro atoms. The van der Waals surface area contributed by atoms with Crippen molar-refractivity contribution in [1.29, 1.82) is 0 Å². The van der Waals surface area contributed by atoms with Crippen molar-refractivity contribution in [2.75, 3.05) is 0 Å². The summed E-state index contributed by atoms with van der Waals surface area (Å²) in [6.45, 7) is 2.08. The van der Waals surface area contributed by atoms with Gasteiger partial charge in [0.1, 0.15) is 0 Å². The summed E-state index contributed by atoms with van der Waals surface area (Å²) in [5, 5.41) is 19.5. The second-order valence-corrected chi connectivity index (χ2v) is 5.57. The summed E-state index contributed by atoms with van der Waals surface area (Å²) in [7, 11) is 0. The predicted octanol–water partition coefficient (Wildman–Crippen LogP) is 2.09. The number of carbonyl (C=O) groups is 1. The molecule has 0 aliphatic heterocycles. The van der Waals surface area contributed by atoms with Crippen molar-refractivity contribution in [3.05, 3.63) is 80.3 Å². The van der Waals surface area contributed by atoms with E-state index in [1.54, 1.807) is 37.3 Å². The highest BCUT2D eigenvalue weighted by atomic mass is 16.6. The Kier molecular flexibility index (Phi) is 5.02. The molecule has 1 heterocycles. The number of nitrogens with one attached hydrogen (secondary N) is 1. The second-order valence-electron chi connectivity index (χ2n) is 5.57. The van der Waals surface area contributed by atoms with Crippen LogP contribution in [0.2, 0.25) is 0 Å². The number of fused-ring (bicyclic) bond motifs is 1. The van der Waals surface area contributed by atoms with Crippen LogP contribution in [0.4, 0.5) is 5.69 Å². The highest BCUT2D eigenvalue weighted by molar-refractivity contribution is 6.04. The van der Waals surface area contributed by atoms with Gasteiger partial charge in [-0.15, -0.1) is 0 Å². The van der Waals surface area contributed by atoms with Gasteiger partial charge in [-0.2, -0.15) is 10.2 Å². The van der Waals surface area contributed by atoms with Crippen LogP contribution in [0.3, 0.4) is 0 Å². The molecule has 0 bridgehead atoms. The number of aromatic nitrogens is 2. The summed E-state index contributed by atoms with van der Waals surface area (Å²) in [4.78, 5) is 35.1. The summed E-state index contributed by atoms with van der Waals surface area (Å²) in [6, 6.07) is 12.5. The van der Waals surface area contributed by atoms with E-state index in [0.717, 1.165) is 0 Å². The van der Waals surface area contributed by atoms with Crippen LogP contribution in [0.15, 0.2) is 58.4 Å². The molecule has 136 valence electrons. The molecular formula is C18H15N5O4. The topological polar surface area (TPSA) is 119 Å². The first kappa shape index (κ1) is 17.9. The molecule has 0 atom stereocenters. The molecule has 0 saturated carbocycles. The third-order valence-corrected chi connectivity index (χ3v) is 3.84. The minimum atomic E-state index is -0.588. The highest BCUT2D eigenvalue weighted by Crippen LogP contribution is 2.13. The average molecular weight is 365 g/mol. The van der Waals surface area contributed by atoms with Crippen molar-refractivity contribution in [2.24, 2.45) is 5.10 Å². The smallest absolute Gasteiger partial charge is 0.267 e. The maximum atomic E-state index is 12.5. The van der Waals surface area contributed by atoms with Gasteiger partial charge in [-0.3, -0.25) is 19.7 Å². The van der Waals surface area contributed by atoms with Gasteiger partial charge in [-0.25, -0.2) is 10.1 Å². The molecule has 3 aromatic rings. The summed E-state index contributed by atoms with van der Waals surface area (Å²) in [5.74, 6) is -0.588. The predicted molar refractivity (Wildman–Crippen MR) is 99.8 cm³/mol. The molecule has 1 N–H and O–H groups in total. The van der Waals surface area contributed by atoms with Gasteiger partial charge in [0.15, 0.2) is 5.69 Å². The van der Waals surface area contributed by atoms with Gasteiger partial charge >= 0.3 is 0 Å². The van der Waals surface area contributed by atoms with E-state index < -0.39 is 10.8 Å². The number of carbonyl (C=O) groups excluding carboxylic acids is 1. The minimum absolute atomic E-state index is 0.0724. The lowest BCUT2D eigenvalue weighted by atomic mass is 10.1. The molecule has 1 amide bonds. The summed E-state index contributed by atoms with van der Waals surface area (Å²) < 4.78 is 1.21. The van der Waals surface area contributed by atoms with E-state index in [1.165, 1.54) is 29.1 Å². The number of aryl methyl sites for hydroxylation is 1. The van der Waals surface area contributed by atoms with Crippen molar-refractivity contribution in [2.45, 2.75) is 13.5 Å². The van der Waals surface area contributed by atoms with Crippen LogP contribution < -0.4 is 11.0 Å². The molecule has 0 unspecified atom stereocenters. The minimum Gasteiger partial charge on any atom is -0.267 e. The van der Waals surface area contributed by atoms with Gasteiger partial charge in [0.05, 0.1) is 16.5 Å². The normalized spacial score (nSPS) is 11.0. The Morgan fingerprint density at radius 1 is 1.26 bits per heavy atom. The average Bonchev–Trinajstić information content (AvgIpc) is 2.68. The fourth-order valence-electron chi connectivity index (χ4n) is 2.55. The van der Waals surface area contributed by atoms with Crippen LogP contribution in [-0.2, 0) is 6.54 Å². The van der Waals surface area contributed by atoms with E-state index in [9.17, 15) is 19.7 Å². The Hall–Kier alpha value is -3.88. The SMILES string of the molecule is CCn1nc(C(=O)N/N=C\c2cccc([N+](=O)[O-])c2)c2ccccc2c1=O. The fraction of sp³-hybridized carbons (Fsp3) is 0.111. The molecule has 0 aliphatic carbocycles. The molecule has 1 aromatic heterocycles. The number of amides is 1. The first-order valence-electron chi connectivity index (χ1n) is 8.09. The van der Waals surface area contributed by atoms with Crippen LogP contribution in [0.25, 0.3) is 10.8 Å². The Morgan fingerprint density at radius 3 is 2.70 bits per heavy atom. The lowest BCUT2D eigenvalue weighted by Gasteiger charge is -2.08. The van der Waals surface area contributed by atoms with Gasteiger partial charge < -0.3 is 0 Å². The molecule has 0 aliphatic rings. The standard InChI is InChI=1S/C18H15N5O4/c1-2-22-18(25)15-9-4-3-8-14(15)16(21-22)17(24)20-19-11-12-6-5-7-13(10-12)23(26)27/h3-11H,2H2,1H3,(H,20,24)/b19-11-. The molecule has 27 heavy (non-hydrogen) atoms. The maximum absolute atomic E-state index is 12.5. The number of nitro groups is 1. The van der Waals surface area contributed by atoms with Gasteiger partial charge in [-0.1, -0.05) is 30.3 Å². The number of non-ortho nitro benzene ring substituents is 1. The molecule has 9 nitrogen and oxygen atoms in total. The molecule has 0 fully saturated rings. The van der Waals surface area contributed by atoms with Gasteiger partial charge in [0.25, 0.3) is 17.2 Å². The van der Waals surface area contributed by atoms with E-state index in [4.69, 9.17) is 0 Å². The van der Waals surface area contributed by atoms with E-state index in [1.807, 2.05) is 0 Å². The number of hydrazone groups is 1. The molecule has 0 saturated heterocycles. The highest BCUT2D eigenvalue weighted by Gasteiger charge is 2.15. The monoisotopic (exact) mass is 365 g/mol. The number of benzene rings is 2. The zero-order chi connectivity index (χ0) is 19.4. The fourth-order valence-corrected chi connectivity index (χ4v) is 2.55. The number of nitro benzene ring substituents is 1. The second kappa shape index (κ2) is 7.56. The quantitative estimate of drug-likeness (QED) is 0.422. The van der Waals surface area contributed by atoms with Gasteiger partial charge in [-0.05, 0) is 13.0 Å². The van der Waals surface area contributed by atoms with Crippen molar-refractivity contribution < 1.29 is 9.72 Å². The van der Waals surface area contributed by atoms with Crippen LogP contribution in [0, 0.1) is 10.1 Å². The summed E-state index contributed by atoms with van der Waals surface area (Å²) in [6.07, 6.45) is 1.29. The van der Waals surface area contributed by atoms with Crippen LogP contribution in [0.1, 0.15) is 23.0 Å². The van der Waals surface area contributed by atoms with E-state index in [0.29, 0.717) is 22.9 Å². The number of hydrogen-bond donors (Lipinski definition) is 1. The molecule has 2 aromatic carbocycles.